The highest BCUT2D eigenvalue weighted by atomic mass is 16.5. The van der Waals surface area contributed by atoms with Crippen molar-refractivity contribution in [2.45, 2.75) is 13.0 Å². The maximum Gasteiger partial charge on any atom is 0.119 e. The Morgan fingerprint density at radius 2 is 2.00 bits per heavy atom. The fraction of sp³-hybridized carbons (Fsp3) is 0.333. The summed E-state index contributed by atoms with van der Waals surface area (Å²) in [6, 6.07) is 7.82. The molecule has 0 saturated carbocycles. The van der Waals surface area contributed by atoms with Crippen LogP contribution in [0.3, 0.4) is 0 Å². The molecule has 14 heavy (non-hydrogen) atoms. The predicted octanol–water partition coefficient (Wildman–Crippen LogP) is 2.74. The molecule has 0 fully saturated rings. The number of methoxy groups -OCH3 is 1. The minimum Gasteiger partial charge on any atom is -0.488 e. The van der Waals surface area contributed by atoms with E-state index in [9.17, 15) is 0 Å². The Morgan fingerprint density at radius 3 is 2.50 bits per heavy atom. The largest absolute Gasteiger partial charge is 0.488 e. The molecule has 2 heteroatoms. The second-order valence-electron chi connectivity index (χ2n) is 3.16. The van der Waals surface area contributed by atoms with Crippen molar-refractivity contribution in [2.75, 3.05) is 13.7 Å². The summed E-state index contributed by atoms with van der Waals surface area (Å²) in [6.45, 7) is 6.27. The normalized spacial score (nSPS) is 12.1. The molecule has 2 nitrogen and oxygen atoms in total. The molecule has 0 aliphatic heterocycles. The summed E-state index contributed by atoms with van der Waals surface area (Å²) < 4.78 is 10.6. The van der Waals surface area contributed by atoms with E-state index in [1.54, 1.807) is 7.11 Å². The molecule has 1 aromatic rings. The summed E-state index contributed by atoms with van der Waals surface area (Å²) in [4.78, 5) is 0. The van der Waals surface area contributed by atoms with Crippen molar-refractivity contribution in [3.63, 3.8) is 0 Å². The number of ether oxygens (including phenoxy) is 2. The highest BCUT2D eigenvalue weighted by molar-refractivity contribution is 5.48. The molecule has 0 bridgehead atoms. The lowest BCUT2D eigenvalue weighted by molar-refractivity contribution is 0.0921. The Hall–Kier alpha value is -1.28. The standard InChI is InChI=1S/C12H16O2/c1-4-11-5-7-12(8-6-11)14-10(2)9-13-3/h4-8,10H,1,9H2,2-3H3. The van der Waals surface area contributed by atoms with E-state index in [0.29, 0.717) is 6.61 Å². The molecule has 0 amide bonds. The van der Waals surface area contributed by atoms with E-state index < -0.39 is 0 Å². The lowest BCUT2D eigenvalue weighted by atomic mass is 10.2. The summed E-state index contributed by atoms with van der Waals surface area (Å²) in [6.07, 6.45) is 1.89. The van der Waals surface area contributed by atoms with Crippen LogP contribution in [0.2, 0.25) is 0 Å². The number of rotatable bonds is 5. The van der Waals surface area contributed by atoms with E-state index in [0.717, 1.165) is 11.3 Å². The van der Waals surface area contributed by atoms with E-state index in [4.69, 9.17) is 9.47 Å². The lowest BCUT2D eigenvalue weighted by Gasteiger charge is -2.13. The van der Waals surface area contributed by atoms with Crippen molar-refractivity contribution in [3.05, 3.63) is 36.4 Å². The average molecular weight is 192 g/mol. The van der Waals surface area contributed by atoms with Crippen molar-refractivity contribution >= 4 is 6.08 Å². The van der Waals surface area contributed by atoms with Crippen molar-refractivity contribution in [1.82, 2.24) is 0 Å². The van der Waals surface area contributed by atoms with Crippen molar-refractivity contribution in [1.29, 1.82) is 0 Å². The molecule has 1 atom stereocenters. The van der Waals surface area contributed by atoms with Crippen LogP contribution in [0, 0.1) is 0 Å². The van der Waals surface area contributed by atoms with Gasteiger partial charge in [0, 0.05) is 7.11 Å². The van der Waals surface area contributed by atoms with Gasteiger partial charge in [-0.1, -0.05) is 24.8 Å². The van der Waals surface area contributed by atoms with Gasteiger partial charge in [-0.25, -0.2) is 0 Å². The highest BCUT2D eigenvalue weighted by Gasteiger charge is 2.02. The molecule has 0 radical (unpaired) electrons. The van der Waals surface area contributed by atoms with Gasteiger partial charge in [-0.3, -0.25) is 0 Å². The highest BCUT2D eigenvalue weighted by Crippen LogP contribution is 2.14. The SMILES string of the molecule is C=Cc1ccc(OC(C)COC)cc1. The Bertz CT molecular complexity index is 277. The second kappa shape index (κ2) is 5.45. The Balaban J connectivity index is 2.55. The maximum atomic E-state index is 5.59. The van der Waals surface area contributed by atoms with Crippen LogP contribution in [0.15, 0.2) is 30.8 Å². The van der Waals surface area contributed by atoms with Gasteiger partial charge in [0.1, 0.15) is 11.9 Å². The first-order chi connectivity index (χ1) is 6.76. The van der Waals surface area contributed by atoms with Crippen LogP contribution in [-0.2, 0) is 4.74 Å². The molecule has 0 aliphatic rings. The minimum atomic E-state index is 0.0783. The topological polar surface area (TPSA) is 18.5 Å². The van der Waals surface area contributed by atoms with Crippen molar-refractivity contribution < 1.29 is 9.47 Å². The van der Waals surface area contributed by atoms with E-state index in [2.05, 4.69) is 6.58 Å². The molecular weight excluding hydrogens is 176 g/mol. The van der Waals surface area contributed by atoms with E-state index in [1.807, 2.05) is 37.3 Å². The predicted molar refractivity (Wildman–Crippen MR) is 58.5 cm³/mol. The van der Waals surface area contributed by atoms with Crippen LogP contribution in [0.4, 0.5) is 0 Å². The van der Waals surface area contributed by atoms with Crippen LogP contribution in [0.25, 0.3) is 6.08 Å². The van der Waals surface area contributed by atoms with Gasteiger partial charge in [0.25, 0.3) is 0 Å². The molecule has 0 spiro atoms. The first-order valence-electron chi connectivity index (χ1n) is 4.64. The molecule has 1 aromatic carbocycles. The molecule has 0 heterocycles. The molecule has 0 saturated heterocycles. The quantitative estimate of drug-likeness (QED) is 0.714. The number of hydrogen-bond donors (Lipinski definition) is 0. The van der Waals surface area contributed by atoms with Gasteiger partial charge >= 0.3 is 0 Å². The fourth-order valence-electron chi connectivity index (χ4n) is 1.18. The summed E-state index contributed by atoms with van der Waals surface area (Å²) in [5, 5.41) is 0. The van der Waals surface area contributed by atoms with E-state index >= 15 is 0 Å². The first kappa shape index (κ1) is 10.8. The average Bonchev–Trinajstić information content (AvgIpc) is 2.19. The third-order valence-electron chi connectivity index (χ3n) is 1.85. The molecule has 76 valence electrons. The molecule has 1 rings (SSSR count). The summed E-state index contributed by atoms with van der Waals surface area (Å²) in [5.74, 6) is 0.861. The minimum absolute atomic E-state index is 0.0783. The monoisotopic (exact) mass is 192 g/mol. The third kappa shape index (κ3) is 3.23. The molecule has 0 N–H and O–H groups in total. The van der Waals surface area contributed by atoms with Crippen LogP contribution in [-0.4, -0.2) is 19.8 Å². The molecule has 0 aliphatic carbocycles. The maximum absolute atomic E-state index is 5.59. The second-order valence-corrected chi connectivity index (χ2v) is 3.16. The van der Waals surface area contributed by atoms with Crippen molar-refractivity contribution in [2.24, 2.45) is 0 Å². The van der Waals surface area contributed by atoms with Gasteiger partial charge in [-0.05, 0) is 24.6 Å². The van der Waals surface area contributed by atoms with Gasteiger partial charge in [0.2, 0.25) is 0 Å². The van der Waals surface area contributed by atoms with Gasteiger partial charge in [0.05, 0.1) is 6.61 Å². The summed E-state index contributed by atoms with van der Waals surface area (Å²) in [5.41, 5.74) is 1.09. The summed E-state index contributed by atoms with van der Waals surface area (Å²) in [7, 11) is 1.67. The van der Waals surface area contributed by atoms with Crippen LogP contribution in [0.1, 0.15) is 12.5 Å². The molecular formula is C12H16O2. The third-order valence-corrected chi connectivity index (χ3v) is 1.85. The van der Waals surface area contributed by atoms with E-state index in [1.165, 1.54) is 0 Å². The molecule has 1 unspecified atom stereocenters. The first-order valence-corrected chi connectivity index (χ1v) is 4.64. The summed E-state index contributed by atoms with van der Waals surface area (Å²) >= 11 is 0. The number of benzene rings is 1. The Morgan fingerprint density at radius 1 is 1.36 bits per heavy atom. The number of hydrogen-bond acceptors (Lipinski definition) is 2. The zero-order valence-corrected chi connectivity index (χ0v) is 8.69. The fourth-order valence-corrected chi connectivity index (χ4v) is 1.18. The van der Waals surface area contributed by atoms with Crippen LogP contribution in [0.5, 0.6) is 5.75 Å². The Labute approximate surface area is 85.2 Å². The van der Waals surface area contributed by atoms with Crippen molar-refractivity contribution in [3.8, 4) is 5.75 Å². The van der Waals surface area contributed by atoms with Gasteiger partial charge < -0.3 is 9.47 Å². The Kier molecular flexibility index (Phi) is 4.20. The van der Waals surface area contributed by atoms with Crippen LogP contribution >= 0.6 is 0 Å². The zero-order chi connectivity index (χ0) is 10.4. The van der Waals surface area contributed by atoms with Gasteiger partial charge in [0.15, 0.2) is 0 Å². The molecule has 0 aromatic heterocycles. The zero-order valence-electron chi connectivity index (χ0n) is 8.69. The lowest BCUT2D eigenvalue weighted by Crippen LogP contribution is -2.17. The van der Waals surface area contributed by atoms with Gasteiger partial charge in [-0.15, -0.1) is 0 Å². The van der Waals surface area contributed by atoms with Crippen LogP contribution < -0.4 is 4.74 Å². The van der Waals surface area contributed by atoms with Gasteiger partial charge in [-0.2, -0.15) is 0 Å². The smallest absolute Gasteiger partial charge is 0.119 e. The van der Waals surface area contributed by atoms with E-state index in [-0.39, 0.29) is 6.10 Å².